The highest BCUT2D eigenvalue weighted by Gasteiger charge is 2.31. The Morgan fingerprint density at radius 2 is 1.76 bits per heavy atom. The van der Waals surface area contributed by atoms with Crippen LogP contribution in [0.15, 0.2) is 48.7 Å². The van der Waals surface area contributed by atoms with Gasteiger partial charge in [0.2, 0.25) is 0 Å². The molecule has 180 valence electrons. The Balaban J connectivity index is 1.70. The summed E-state index contributed by atoms with van der Waals surface area (Å²) in [6.45, 7) is 5.30. The average molecular weight is 476 g/mol. The maximum atomic E-state index is 13.0. The number of carbonyl (C=O) groups is 2. The van der Waals surface area contributed by atoms with Crippen molar-refractivity contribution in [1.82, 2.24) is 20.6 Å². The van der Waals surface area contributed by atoms with E-state index in [-0.39, 0.29) is 17.1 Å². The Hall–Kier alpha value is -4.02. The highest BCUT2D eigenvalue weighted by molar-refractivity contribution is 5.96. The summed E-state index contributed by atoms with van der Waals surface area (Å²) in [5.41, 5.74) is 5.32. The highest BCUT2D eigenvalue weighted by Crippen LogP contribution is 2.30. The van der Waals surface area contributed by atoms with Crippen LogP contribution in [-0.4, -0.2) is 34.8 Å². The number of aryl methyl sites for hydroxylation is 1. The van der Waals surface area contributed by atoms with E-state index in [0.29, 0.717) is 5.75 Å². The van der Waals surface area contributed by atoms with Gasteiger partial charge in [0.05, 0.1) is 24.6 Å². The van der Waals surface area contributed by atoms with Crippen LogP contribution >= 0.6 is 0 Å². The second kappa shape index (κ2) is 9.86. The van der Waals surface area contributed by atoms with E-state index in [1.54, 1.807) is 12.1 Å². The molecule has 3 rings (SSSR count). The van der Waals surface area contributed by atoms with Gasteiger partial charge in [-0.15, -0.1) is 0 Å². The lowest BCUT2D eigenvalue weighted by molar-refractivity contribution is -0.137. The van der Waals surface area contributed by atoms with E-state index in [0.717, 1.165) is 27.9 Å². The number of nitrogens with one attached hydrogen (secondary N) is 2. The molecular weight excluding hydrogens is 453 g/mol. The van der Waals surface area contributed by atoms with Crippen LogP contribution in [0.25, 0.3) is 5.69 Å². The number of hydrogen-bond acceptors (Lipinski definition) is 5. The smallest absolute Gasteiger partial charge is 0.416 e. The molecule has 34 heavy (non-hydrogen) atoms. The van der Waals surface area contributed by atoms with Crippen molar-refractivity contribution in [2.24, 2.45) is 0 Å². The molecule has 0 spiro atoms. The number of benzene rings is 2. The number of halogens is 3. The predicted octanol–water partition coefficient (Wildman–Crippen LogP) is 3.75. The number of aromatic nitrogens is 2. The second-order valence-electron chi connectivity index (χ2n) is 7.44. The summed E-state index contributed by atoms with van der Waals surface area (Å²) >= 11 is 0. The van der Waals surface area contributed by atoms with E-state index in [1.807, 2.05) is 19.9 Å². The lowest BCUT2D eigenvalue weighted by Crippen LogP contribution is -2.47. The molecule has 2 N–H and O–H groups in total. The molecule has 0 saturated heterocycles. The molecular formula is C23H23F3N4O4. The number of hydrazine groups is 1. The van der Waals surface area contributed by atoms with Crippen LogP contribution in [-0.2, 0) is 11.0 Å². The summed E-state index contributed by atoms with van der Waals surface area (Å²) in [4.78, 5) is 25.0. The number of nitrogens with zero attached hydrogens (tertiary/aromatic N) is 2. The van der Waals surface area contributed by atoms with Crippen molar-refractivity contribution in [2.45, 2.75) is 33.1 Å². The minimum Gasteiger partial charge on any atom is -0.493 e. The molecule has 8 nitrogen and oxygen atoms in total. The number of hydrogen-bond donors (Lipinski definition) is 2. The van der Waals surface area contributed by atoms with Crippen molar-refractivity contribution >= 4 is 11.8 Å². The zero-order chi connectivity index (χ0) is 25.0. The summed E-state index contributed by atoms with van der Waals surface area (Å²) in [5, 5.41) is 4.02. The van der Waals surface area contributed by atoms with Gasteiger partial charge in [0.1, 0.15) is 5.75 Å². The molecule has 0 aliphatic heterocycles. The number of methoxy groups -OCH3 is 1. The standard InChI is InChI=1S/C23H23F3N4O4/c1-13-7-5-10-18(14(13)2)34-15(3)21(31)27-28-22(32)20-19(33-4)12-30(29-20)17-9-6-8-16(11-17)23(24,25)26/h5-12,15H,1-4H3,(H,27,31)(H,28,32). The lowest BCUT2D eigenvalue weighted by atomic mass is 10.1. The molecule has 0 radical (unpaired) electrons. The molecule has 1 heterocycles. The SMILES string of the molecule is COc1cn(-c2cccc(C(F)(F)F)c2)nc1C(=O)NNC(=O)C(C)Oc1cccc(C)c1C. The second-order valence-corrected chi connectivity index (χ2v) is 7.44. The Morgan fingerprint density at radius 3 is 2.44 bits per heavy atom. The summed E-state index contributed by atoms with van der Waals surface area (Å²) in [7, 11) is 1.28. The number of rotatable bonds is 6. The van der Waals surface area contributed by atoms with E-state index in [9.17, 15) is 22.8 Å². The topological polar surface area (TPSA) is 94.5 Å². The predicted molar refractivity (Wildman–Crippen MR) is 117 cm³/mol. The molecule has 11 heteroatoms. The first-order chi connectivity index (χ1) is 16.0. The maximum absolute atomic E-state index is 13.0. The third kappa shape index (κ3) is 5.48. The Kier molecular flexibility index (Phi) is 7.14. The first kappa shape index (κ1) is 24.6. The Morgan fingerprint density at radius 1 is 1.06 bits per heavy atom. The zero-order valence-corrected chi connectivity index (χ0v) is 18.9. The van der Waals surface area contributed by atoms with Gasteiger partial charge in [0.25, 0.3) is 11.8 Å². The largest absolute Gasteiger partial charge is 0.493 e. The first-order valence-corrected chi connectivity index (χ1v) is 10.2. The van der Waals surface area contributed by atoms with Crippen LogP contribution in [0.1, 0.15) is 34.1 Å². The minimum absolute atomic E-state index is 0.00356. The van der Waals surface area contributed by atoms with Crippen molar-refractivity contribution in [1.29, 1.82) is 0 Å². The van der Waals surface area contributed by atoms with E-state index in [2.05, 4.69) is 16.0 Å². The van der Waals surface area contributed by atoms with Crippen molar-refractivity contribution in [3.63, 3.8) is 0 Å². The number of amides is 2. The fraction of sp³-hybridized carbons (Fsp3) is 0.261. The summed E-state index contributed by atoms with van der Waals surface area (Å²) in [6.07, 6.45) is -4.20. The quantitative estimate of drug-likeness (QED) is 0.529. The van der Waals surface area contributed by atoms with Crippen molar-refractivity contribution in [2.75, 3.05) is 7.11 Å². The van der Waals surface area contributed by atoms with Crippen molar-refractivity contribution in [3.05, 3.63) is 71.0 Å². The normalized spacial score (nSPS) is 12.1. The van der Waals surface area contributed by atoms with Crippen LogP contribution in [0, 0.1) is 13.8 Å². The average Bonchev–Trinajstić information content (AvgIpc) is 3.24. The molecule has 1 aromatic heterocycles. The molecule has 0 aliphatic rings. The third-order valence-electron chi connectivity index (χ3n) is 5.08. The van der Waals surface area contributed by atoms with Crippen LogP contribution in [0.4, 0.5) is 13.2 Å². The third-order valence-corrected chi connectivity index (χ3v) is 5.08. The molecule has 0 bridgehead atoms. The van der Waals surface area contributed by atoms with Gasteiger partial charge < -0.3 is 9.47 Å². The van der Waals surface area contributed by atoms with Crippen LogP contribution in [0.3, 0.4) is 0 Å². The number of ether oxygens (including phenoxy) is 2. The molecule has 0 saturated carbocycles. The molecule has 0 fully saturated rings. The van der Waals surface area contributed by atoms with Crippen LogP contribution < -0.4 is 20.3 Å². The lowest BCUT2D eigenvalue weighted by Gasteiger charge is -2.17. The Bertz CT molecular complexity index is 1210. The fourth-order valence-corrected chi connectivity index (χ4v) is 3.00. The molecule has 3 aromatic rings. The molecule has 2 aromatic carbocycles. The van der Waals surface area contributed by atoms with Gasteiger partial charge in [-0.25, -0.2) is 4.68 Å². The monoisotopic (exact) mass is 476 g/mol. The summed E-state index contributed by atoms with van der Waals surface area (Å²) in [6, 6.07) is 9.89. The Labute approximate surface area is 193 Å². The van der Waals surface area contributed by atoms with Gasteiger partial charge in [-0.1, -0.05) is 18.2 Å². The van der Waals surface area contributed by atoms with E-state index in [1.165, 1.54) is 32.4 Å². The number of alkyl halides is 3. The van der Waals surface area contributed by atoms with Gasteiger partial charge in [-0.05, 0) is 56.2 Å². The van der Waals surface area contributed by atoms with E-state index < -0.39 is 29.7 Å². The van der Waals surface area contributed by atoms with E-state index in [4.69, 9.17) is 9.47 Å². The summed E-state index contributed by atoms with van der Waals surface area (Å²) < 4.78 is 50.9. The molecule has 2 amide bonds. The molecule has 0 aliphatic carbocycles. The molecule has 1 unspecified atom stereocenters. The van der Waals surface area contributed by atoms with Gasteiger partial charge >= 0.3 is 6.18 Å². The number of carbonyl (C=O) groups excluding carboxylic acids is 2. The maximum Gasteiger partial charge on any atom is 0.416 e. The van der Waals surface area contributed by atoms with E-state index >= 15 is 0 Å². The summed E-state index contributed by atoms with van der Waals surface area (Å²) in [5.74, 6) is -0.903. The van der Waals surface area contributed by atoms with Gasteiger partial charge in [-0.3, -0.25) is 20.4 Å². The van der Waals surface area contributed by atoms with Crippen LogP contribution in [0.2, 0.25) is 0 Å². The highest BCUT2D eigenvalue weighted by atomic mass is 19.4. The zero-order valence-electron chi connectivity index (χ0n) is 18.9. The van der Waals surface area contributed by atoms with Crippen LogP contribution in [0.5, 0.6) is 11.5 Å². The first-order valence-electron chi connectivity index (χ1n) is 10.2. The van der Waals surface area contributed by atoms with Gasteiger partial charge in [-0.2, -0.15) is 18.3 Å². The van der Waals surface area contributed by atoms with Crippen molar-refractivity contribution in [3.8, 4) is 17.2 Å². The van der Waals surface area contributed by atoms with Gasteiger partial charge in [0, 0.05) is 0 Å². The minimum atomic E-state index is -4.53. The van der Waals surface area contributed by atoms with Gasteiger partial charge in [0.15, 0.2) is 17.5 Å². The fourth-order valence-electron chi connectivity index (χ4n) is 3.00. The van der Waals surface area contributed by atoms with Crippen molar-refractivity contribution < 1.29 is 32.2 Å². The molecule has 1 atom stereocenters.